The van der Waals surface area contributed by atoms with E-state index < -0.39 is 0 Å². The Morgan fingerprint density at radius 1 is 1.55 bits per heavy atom. The van der Waals surface area contributed by atoms with Crippen molar-refractivity contribution >= 4 is 17.4 Å². The number of fused-ring (bicyclic) bond motifs is 1. The third-order valence-corrected chi connectivity index (χ3v) is 4.97. The Morgan fingerprint density at radius 2 is 2.45 bits per heavy atom. The van der Waals surface area contributed by atoms with Crippen LogP contribution in [0, 0.1) is 0 Å². The third kappa shape index (κ3) is 3.50. The lowest BCUT2D eigenvalue weighted by Gasteiger charge is -2.22. The molecule has 22 heavy (non-hydrogen) atoms. The standard InChI is InChI=1S/C16H21N3O2S/c1-2-15-18-11(10-22-15)6-8-17-16(20)19-13-4-3-5-14-12(13)7-9-21-14/h7,9-10,13H,2-6,8H2,1H3,(H2,17,19,20)/t13-/m1/s1. The fraction of sp³-hybridized carbons (Fsp3) is 0.500. The van der Waals surface area contributed by atoms with Gasteiger partial charge in [-0.25, -0.2) is 9.78 Å². The van der Waals surface area contributed by atoms with E-state index in [2.05, 4.69) is 27.9 Å². The van der Waals surface area contributed by atoms with Crippen molar-refractivity contribution in [2.75, 3.05) is 6.54 Å². The van der Waals surface area contributed by atoms with Crippen LogP contribution in [0.3, 0.4) is 0 Å². The molecule has 0 aromatic carbocycles. The molecule has 0 spiro atoms. The number of rotatable bonds is 5. The second kappa shape index (κ2) is 6.96. The summed E-state index contributed by atoms with van der Waals surface area (Å²) >= 11 is 1.68. The summed E-state index contributed by atoms with van der Waals surface area (Å²) in [5.74, 6) is 1.01. The minimum Gasteiger partial charge on any atom is -0.469 e. The van der Waals surface area contributed by atoms with Crippen molar-refractivity contribution < 1.29 is 9.21 Å². The van der Waals surface area contributed by atoms with Gasteiger partial charge < -0.3 is 15.1 Å². The average Bonchev–Trinajstić information content (AvgIpc) is 3.16. The number of thiazole rings is 1. The Labute approximate surface area is 134 Å². The SMILES string of the molecule is CCc1nc(CCNC(=O)N[C@@H]2CCCc3occc32)cs1. The summed E-state index contributed by atoms with van der Waals surface area (Å²) in [5.41, 5.74) is 2.17. The van der Waals surface area contributed by atoms with E-state index in [1.807, 2.05) is 6.07 Å². The van der Waals surface area contributed by atoms with Gasteiger partial charge in [0.15, 0.2) is 0 Å². The third-order valence-electron chi connectivity index (χ3n) is 3.93. The fourth-order valence-electron chi connectivity index (χ4n) is 2.78. The average molecular weight is 319 g/mol. The van der Waals surface area contributed by atoms with E-state index in [0.717, 1.165) is 54.1 Å². The normalized spacial score (nSPS) is 17.0. The summed E-state index contributed by atoms with van der Waals surface area (Å²) in [6.07, 6.45) is 6.41. The maximum atomic E-state index is 12.0. The zero-order chi connectivity index (χ0) is 15.4. The highest BCUT2D eigenvalue weighted by Crippen LogP contribution is 2.30. The van der Waals surface area contributed by atoms with E-state index in [0.29, 0.717) is 6.54 Å². The number of nitrogens with one attached hydrogen (secondary N) is 2. The molecule has 2 aromatic rings. The van der Waals surface area contributed by atoms with E-state index in [9.17, 15) is 4.79 Å². The van der Waals surface area contributed by atoms with Crippen LogP contribution in [-0.2, 0) is 19.3 Å². The number of furan rings is 1. The number of hydrogen-bond acceptors (Lipinski definition) is 4. The topological polar surface area (TPSA) is 67.2 Å². The number of amides is 2. The van der Waals surface area contributed by atoms with Crippen molar-refractivity contribution in [3.05, 3.63) is 39.7 Å². The molecule has 0 unspecified atom stereocenters. The minimum atomic E-state index is -0.120. The van der Waals surface area contributed by atoms with E-state index in [1.54, 1.807) is 17.6 Å². The van der Waals surface area contributed by atoms with Crippen LogP contribution >= 0.6 is 11.3 Å². The number of nitrogens with zero attached hydrogens (tertiary/aromatic N) is 1. The maximum absolute atomic E-state index is 12.0. The first kappa shape index (κ1) is 15.1. The van der Waals surface area contributed by atoms with Gasteiger partial charge in [-0.05, 0) is 25.3 Å². The van der Waals surface area contributed by atoms with Gasteiger partial charge in [0.1, 0.15) is 5.76 Å². The fourth-order valence-corrected chi connectivity index (χ4v) is 3.56. The zero-order valence-electron chi connectivity index (χ0n) is 12.7. The molecular weight excluding hydrogens is 298 g/mol. The van der Waals surface area contributed by atoms with Gasteiger partial charge in [-0.1, -0.05) is 6.92 Å². The molecule has 3 rings (SSSR count). The first-order chi connectivity index (χ1) is 10.8. The molecular formula is C16H21N3O2S. The summed E-state index contributed by atoms with van der Waals surface area (Å²) in [4.78, 5) is 16.5. The van der Waals surface area contributed by atoms with Gasteiger partial charge in [0.05, 0.1) is 23.0 Å². The number of aryl methyl sites for hydroxylation is 2. The zero-order valence-corrected chi connectivity index (χ0v) is 13.5. The Hall–Kier alpha value is -1.82. The van der Waals surface area contributed by atoms with Crippen LogP contribution in [0.15, 0.2) is 22.1 Å². The monoisotopic (exact) mass is 319 g/mol. The molecule has 0 saturated carbocycles. The van der Waals surface area contributed by atoms with Crippen LogP contribution in [0.25, 0.3) is 0 Å². The Bertz CT molecular complexity index is 635. The molecule has 118 valence electrons. The van der Waals surface area contributed by atoms with Gasteiger partial charge in [0, 0.05) is 30.3 Å². The minimum absolute atomic E-state index is 0.0634. The second-order valence-corrected chi connectivity index (χ2v) is 6.42. The Kier molecular flexibility index (Phi) is 4.77. The first-order valence-corrected chi connectivity index (χ1v) is 8.68. The van der Waals surface area contributed by atoms with Gasteiger partial charge in [-0.2, -0.15) is 0 Å². The van der Waals surface area contributed by atoms with Crippen LogP contribution in [0.2, 0.25) is 0 Å². The largest absolute Gasteiger partial charge is 0.469 e. The predicted molar refractivity (Wildman–Crippen MR) is 86.1 cm³/mol. The molecule has 1 aliphatic rings. The van der Waals surface area contributed by atoms with Gasteiger partial charge in [0.2, 0.25) is 0 Å². The molecule has 6 heteroatoms. The van der Waals surface area contributed by atoms with Crippen molar-refractivity contribution in [3.63, 3.8) is 0 Å². The lowest BCUT2D eigenvalue weighted by molar-refractivity contribution is 0.235. The molecule has 0 saturated heterocycles. The molecule has 1 atom stereocenters. The van der Waals surface area contributed by atoms with Gasteiger partial charge in [0.25, 0.3) is 0 Å². The van der Waals surface area contributed by atoms with Gasteiger partial charge in [-0.3, -0.25) is 0 Å². The lowest BCUT2D eigenvalue weighted by atomic mass is 9.93. The summed E-state index contributed by atoms with van der Waals surface area (Å²) < 4.78 is 5.44. The quantitative estimate of drug-likeness (QED) is 0.889. The predicted octanol–water partition coefficient (Wildman–Crippen LogP) is 3.22. The highest BCUT2D eigenvalue weighted by atomic mass is 32.1. The number of aromatic nitrogens is 1. The van der Waals surface area contributed by atoms with Crippen LogP contribution in [0.4, 0.5) is 4.79 Å². The van der Waals surface area contributed by atoms with E-state index in [-0.39, 0.29) is 12.1 Å². The highest BCUT2D eigenvalue weighted by Gasteiger charge is 2.23. The van der Waals surface area contributed by atoms with E-state index in [4.69, 9.17) is 4.42 Å². The number of carbonyl (C=O) groups is 1. The van der Waals surface area contributed by atoms with Crippen LogP contribution in [-0.4, -0.2) is 17.6 Å². The van der Waals surface area contributed by atoms with Crippen molar-refractivity contribution in [3.8, 4) is 0 Å². The molecule has 2 amide bonds. The second-order valence-electron chi connectivity index (χ2n) is 5.48. The van der Waals surface area contributed by atoms with Crippen molar-refractivity contribution in [2.24, 2.45) is 0 Å². The van der Waals surface area contributed by atoms with Crippen LogP contribution in [0.1, 0.15) is 47.8 Å². The summed E-state index contributed by atoms with van der Waals surface area (Å²) in [5, 5.41) is 9.16. The molecule has 0 radical (unpaired) electrons. The Morgan fingerprint density at radius 3 is 3.27 bits per heavy atom. The van der Waals surface area contributed by atoms with Crippen molar-refractivity contribution in [1.82, 2.24) is 15.6 Å². The lowest BCUT2D eigenvalue weighted by Crippen LogP contribution is -2.39. The van der Waals surface area contributed by atoms with Gasteiger partial charge >= 0.3 is 6.03 Å². The maximum Gasteiger partial charge on any atom is 0.315 e. The summed E-state index contributed by atoms with van der Waals surface area (Å²) in [6.45, 7) is 2.70. The van der Waals surface area contributed by atoms with Crippen molar-refractivity contribution in [1.29, 1.82) is 0 Å². The van der Waals surface area contributed by atoms with E-state index >= 15 is 0 Å². The summed E-state index contributed by atoms with van der Waals surface area (Å²) in [6, 6.07) is 1.90. The van der Waals surface area contributed by atoms with Gasteiger partial charge in [-0.15, -0.1) is 11.3 Å². The van der Waals surface area contributed by atoms with Crippen LogP contribution in [0.5, 0.6) is 0 Å². The van der Waals surface area contributed by atoms with Crippen LogP contribution < -0.4 is 10.6 Å². The number of carbonyl (C=O) groups excluding carboxylic acids is 1. The molecule has 2 heterocycles. The Balaban J connectivity index is 1.45. The van der Waals surface area contributed by atoms with E-state index in [1.165, 1.54) is 0 Å². The molecule has 2 aromatic heterocycles. The molecule has 0 fully saturated rings. The molecule has 5 nitrogen and oxygen atoms in total. The number of urea groups is 1. The molecule has 2 N–H and O–H groups in total. The molecule has 0 aliphatic heterocycles. The molecule has 0 bridgehead atoms. The smallest absolute Gasteiger partial charge is 0.315 e. The number of hydrogen-bond donors (Lipinski definition) is 2. The summed E-state index contributed by atoms with van der Waals surface area (Å²) in [7, 11) is 0. The highest BCUT2D eigenvalue weighted by molar-refractivity contribution is 7.09. The van der Waals surface area contributed by atoms with Crippen molar-refractivity contribution in [2.45, 2.75) is 45.1 Å². The molecule has 1 aliphatic carbocycles. The first-order valence-electron chi connectivity index (χ1n) is 7.80.